The molecule has 2 aliphatic heterocycles. The molecule has 0 saturated carbocycles. The zero-order valence-corrected chi connectivity index (χ0v) is 11.1. The average Bonchev–Trinajstić information content (AvgIpc) is 3.12. The Morgan fingerprint density at radius 3 is 3.10 bits per heavy atom. The number of aromatic nitrogens is 2. The summed E-state index contributed by atoms with van der Waals surface area (Å²) in [6.45, 7) is 0.986. The van der Waals surface area contributed by atoms with E-state index in [0.717, 1.165) is 30.0 Å². The number of fused-ring (bicyclic) bond motifs is 2. The fraction of sp³-hybridized carbons (Fsp3) is 0.286. The Morgan fingerprint density at radius 1 is 1.38 bits per heavy atom. The summed E-state index contributed by atoms with van der Waals surface area (Å²) in [7, 11) is 0. The van der Waals surface area contributed by atoms with Crippen LogP contribution in [0, 0.1) is 0 Å². The number of benzene rings is 1. The van der Waals surface area contributed by atoms with E-state index in [2.05, 4.69) is 10.3 Å². The Hall–Kier alpha value is -2.70. The lowest BCUT2D eigenvalue weighted by atomic mass is 10.0. The molecule has 4 rings (SSSR count). The van der Waals surface area contributed by atoms with Crippen molar-refractivity contribution < 1.29 is 19.4 Å². The summed E-state index contributed by atoms with van der Waals surface area (Å²) in [6, 6.07) is 5.85. The number of hydrogen-bond acceptors (Lipinski definition) is 5. The molecular weight excluding hydrogens is 274 g/mol. The van der Waals surface area contributed by atoms with Gasteiger partial charge < -0.3 is 24.5 Å². The zero-order valence-electron chi connectivity index (χ0n) is 11.1. The van der Waals surface area contributed by atoms with Crippen molar-refractivity contribution >= 4 is 11.9 Å². The van der Waals surface area contributed by atoms with Crippen LogP contribution < -0.4 is 14.8 Å². The number of nitrogens with zero attached hydrogens (tertiary/aromatic N) is 2. The normalized spacial score (nSPS) is 19.0. The van der Waals surface area contributed by atoms with Gasteiger partial charge in [-0.25, -0.2) is 9.78 Å². The van der Waals surface area contributed by atoms with E-state index in [9.17, 15) is 4.79 Å². The van der Waals surface area contributed by atoms with E-state index in [0.29, 0.717) is 5.95 Å². The molecule has 2 aromatic rings. The van der Waals surface area contributed by atoms with Crippen molar-refractivity contribution in [2.24, 2.45) is 0 Å². The van der Waals surface area contributed by atoms with Crippen LogP contribution in [0.4, 0.5) is 5.95 Å². The fourth-order valence-electron chi connectivity index (χ4n) is 2.77. The molecule has 3 heterocycles. The Morgan fingerprint density at radius 2 is 2.24 bits per heavy atom. The van der Waals surface area contributed by atoms with E-state index in [1.807, 2.05) is 22.8 Å². The number of anilines is 1. The maximum atomic E-state index is 11.1. The Bertz CT molecular complexity index is 725. The van der Waals surface area contributed by atoms with Gasteiger partial charge in [0.05, 0.1) is 6.04 Å². The molecule has 108 valence electrons. The first-order valence-corrected chi connectivity index (χ1v) is 6.68. The van der Waals surface area contributed by atoms with Crippen LogP contribution in [0.3, 0.4) is 0 Å². The largest absolute Gasteiger partial charge is 0.476 e. The number of carbonyl (C=O) groups is 1. The van der Waals surface area contributed by atoms with E-state index in [1.54, 1.807) is 6.20 Å². The van der Waals surface area contributed by atoms with E-state index in [-0.39, 0.29) is 18.5 Å². The van der Waals surface area contributed by atoms with E-state index >= 15 is 0 Å². The fourth-order valence-corrected chi connectivity index (χ4v) is 2.77. The number of hydrogen-bond donors (Lipinski definition) is 2. The second-order valence-electron chi connectivity index (χ2n) is 5.01. The van der Waals surface area contributed by atoms with Crippen LogP contribution in [0.25, 0.3) is 0 Å². The first-order chi connectivity index (χ1) is 10.2. The number of nitrogens with one attached hydrogen (secondary N) is 1. The first kappa shape index (κ1) is 12.1. The summed E-state index contributed by atoms with van der Waals surface area (Å²) in [6.07, 6.45) is 2.42. The van der Waals surface area contributed by atoms with Crippen LogP contribution in [0.2, 0.25) is 0 Å². The molecule has 0 saturated heterocycles. The second-order valence-corrected chi connectivity index (χ2v) is 5.01. The van der Waals surface area contributed by atoms with E-state index in [1.165, 1.54) is 0 Å². The highest BCUT2D eigenvalue weighted by atomic mass is 16.7. The van der Waals surface area contributed by atoms with Gasteiger partial charge in [-0.3, -0.25) is 0 Å². The Labute approximate surface area is 120 Å². The summed E-state index contributed by atoms with van der Waals surface area (Å²) in [5.41, 5.74) is 1.10. The predicted octanol–water partition coefficient (Wildman–Crippen LogP) is 1.71. The third kappa shape index (κ3) is 1.89. The molecule has 7 heteroatoms. The second kappa shape index (κ2) is 4.41. The zero-order chi connectivity index (χ0) is 14.4. The van der Waals surface area contributed by atoms with Crippen LogP contribution in [-0.4, -0.2) is 34.0 Å². The van der Waals surface area contributed by atoms with Crippen molar-refractivity contribution in [1.82, 2.24) is 9.55 Å². The maximum absolute atomic E-state index is 11.1. The number of carboxylic acids is 1. The SMILES string of the molecule is O=C(O)c1cn2c(n1)NCCC2c1ccc2c(c1)OCO2. The Kier molecular flexibility index (Phi) is 2.53. The molecule has 0 spiro atoms. The molecule has 1 aromatic carbocycles. The number of carboxylic acid groups (broad SMARTS) is 1. The smallest absolute Gasteiger partial charge is 0.356 e. The predicted molar refractivity (Wildman–Crippen MR) is 73.0 cm³/mol. The number of aromatic carboxylic acids is 1. The molecule has 0 fully saturated rings. The van der Waals surface area contributed by atoms with Crippen LogP contribution in [0.5, 0.6) is 11.5 Å². The molecule has 1 aromatic heterocycles. The van der Waals surface area contributed by atoms with Crippen LogP contribution in [0.1, 0.15) is 28.5 Å². The van der Waals surface area contributed by atoms with Crippen molar-refractivity contribution in [3.8, 4) is 11.5 Å². The molecule has 0 aliphatic carbocycles. The third-order valence-corrected chi connectivity index (χ3v) is 3.77. The van der Waals surface area contributed by atoms with Crippen LogP contribution in [0.15, 0.2) is 24.4 Å². The maximum Gasteiger partial charge on any atom is 0.356 e. The monoisotopic (exact) mass is 287 g/mol. The number of imidazole rings is 1. The molecule has 7 nitrogen and oxygen atoms in total. The van der Waals surface area contributed by atoms with Gasteiger partial charge in [0.25, 0.3) is 0 Å². The molecule has 1 unspecified atom stereocenters. The van der Waals surface area contributed by atoms with Crippen LogP contribution in [-0.2, 0) is 0 Å². The molecule has 0 amide bonds. The summed E-state index contributed by atoms with van der Waals surface area (Å²) >= 11 is 0. The minimum Gasteiger partial charge on any atom is -0.476 e. The summed E-state index contributed by atoms with van der Waals surface area (Å²) in [5.74, 6) is 1.03. The molecule has 0 bridgehead atoms. The Balaban J connectivity index is 1.75. The quantitative estimate of drug-likeness (QED) is 0.874. The topological polar surface area (TPSA) is 85.6 Å². The molecular formula is C14H13N3O4. The van der Waals surface area contributed by atoms with Gasteiger partial charge >= 0.3 is 5.97 Å². The summed E-state index contributed by atoms with van der Waals surface area (Å²) in [5, 5.41) is 12.2. The van der Waals surface area contributed by atoms with Crippen molar-refractivity contribution in [1.29, 1.82) is 0 Å². The minimum atomic E-state index is -1.02. The van der Waals surface area contributed by atoms with Crippen molar-refractivity contribution in [3.05, 3.63) is 35.7 Å². The van der Waals surface area contributed by atoms with Gasteiger partial charge in [0.2, 0.25) is 12.7 Å². The summed E-state index contributed by atoms with van der Waals surface area (Å²) in [4.78, 5) is 15.2. The van der Waals surface area contributed by atoms with Crippen molar-refractivity contribution in [2.45, 2.75) is 12.5 Å². The molecule has 1 atom stereocenters. The van der Waals surface area contributed by atoms with Gasteiger partial charge in [-0.1, -0.05) is 6.07 Å². The minimum absolute atomic E-state index is 0.0383. The van der Waals surface area contributed by atoms with Crippen molar-refractivity contribution in [3.63, 3.8) is 0 Å². The van der Waals surface area contributed by atoms with Gasteiger partial charge in [-0.05, 0) is 24.1 Å². The number of rotatable bonds is 2. The van der Waals surface area contributed by atoms with Crippen molar-refractivity contribution in [2.75, 3.05) is 18.7 Å². The van der Waals surface area contributed by atoms with Gasteiger partial charge in [-0.15, -0.1) is 0 Å². The van der Waals surface area contributed by atoms with Gasteiger partial charge in [-0.2, -0.15) is 0 Å². The van der Waals surface area contributed by atoms with Gasteiger partial charge in [0.1, 0.15) is 0 Å². The van der Waals surface area contributed by atoms with E-state index in [4.69, 9.17) is 14.6 Å². The third-order valence-electron chi connectivity index (χ3n) is 3.77. The van der Waals surface area contributed by atoms with E-state index < -0.39 is 5.97 Å². The lowest BCUT2D eigenvalue weighted by Crippen LogP contribution is -2.23. The standard InChI is InChI=1S/C14H13N3O4/c18-13(19)9-6-17-10(3-4-15-14(17)16-9)8-1-2-11-12(5-8)21-7-20-11/h1-2,5-6,10H,3-4,7H2,(H,15,16)(H,18,19). The molecule has 2 aliphatic rings. The van der Waals surface area contributed by atoms with Gasteiger partial charge in [0.15, 0.2) is 17.2 Å². The summed E-state index contributed by atoms with van der Waals surface area (Å²) < 4.78 is 12.6. The highest BCUT2D eigenvalue weighted by molar-refractivity contribution is 5.85. The van der Waals surface area contributed by atoms with Gasteiger partial charge in [0, 0.05) is 12.7 Å². The number of ether oxygens (including phenoxy) is 2. The highest BCUT2D eigenvalue weighted by Gasteiger charge is 2.26. The molecule has 0 radical (unpaired) electrons. The molecule has 21 heavy (non-hydrogen) atoms. The van der Waals surface area contributed by atoms with Crippen LogP contribution >= 0.6 is 0 Å². The molecule has 2 N–H and O–H groups in total. The first-order valence-electron chi connectivity index (χ1n) is 6.68. The highest BCUT2D eigenvalue weighted by Crippen LogP contribution is 2.37. The average molecular weight is 287 g/mol. The lowest BCUT2D eigenvalue weighted by molar-refractivity contribution is 0.0691. The lowest BCUT2D eigenvalue weighted by Gasteiger charge is -2.26.